The number of carbonyl (C=O) groups is 3. The van der Waals surface area contributed by atoms with Crippen molar-refractivity contribution in [3.8, 4) is 5.88 Å². The van der Waals surface area contributed by atoms with Crippen LogP contribution in [0.5, 0.6) is 5.88 Å². The Morgan fingerprint density at radius 1 is 1.07 bits per heavy atom. The van der Waals surface area contributed by atoms with Gasteiger partial charge in [-0.3, -0.25) is 9.59 Å². The van der Waals surface area contributed by atoms with Crippen LogP contribution in [0.4, 0.5) is 10.5 Å². The Kier molecular flexibility index (Phi) is 7.19. The largest absolute Gasteiger partial charge is 0.481 e. The lowest BCUT2D eigenvalue weighted by molar-refractivity contribution is -0.134. The molecule has 1 saturated heterocycles. The molecule has 154 valence electrons. The molecule has 0 saturated carbocycles. The molecular formula is C19H28N4O5. The molecule has 9 nitrogen and oxygen atoms in total. The number of anilines is 1. The van der Waals surface area contributed by atoms with Crippen molar-refractivity contribution in [2.24, 2.45) is 0 Å². The molecule has 0 aliphatic carbocycles. The van der Waals surface area contributed by atoms with Crippen molar-refractivity contribution in [2.75, 3.05) is 38.6 Å². The number of hydrogen-bond acceptors (Lipinski definition) is 6. The molecule has 1 aromatic heterocycles. The first-order chi connectivity index (χ1) is 13.2. The van der Waals surface area contributed by atoms with E-state index in [9.17, 15) is 14.4 Å². The van der Waals surface area contributed by atoms with Crippen LogP contribution in [0.1, 0.15) is 33.6 Å². The van der Waals surface area contributed by atoms with Gasteiger partial charge in [0.25, 0.3) is 0 Å². The van der Waals surface area contributed by atoms with Gasteiger partial charge < -0.3 is 24.6 Å². The van der Waals surface area contributed by atoms with Gasteiger partial charge in [0.05, 0.1) is 19.0 Å². The Morgan fingerprint density at radius 3 is 2.25 bits per heavy atom. The molecule has 0 bridgehead atoms. The average Bonchev–Trinajstić information content (AvgIpc) is 2.65. The predicted molar refractivity (Wildman–Crippen MR) is 103 cm³/mol. The van der Waals surface area contributed by atoms with Crippen molar-refractivity contribution in [2.45, 2.75) is 39.2 Å². The Balaban J connectivity index is 1.72. The molecule has 0 radical (unpaired) electrons. The topological polar surface area (TPSA) is 101 Å². The van der Waals surface area contributed by atoms with E-state index in [2.05, 4.69) is 10.3 Å². The van der Waals surface area contributed by atoms with E-state index in [1.54, 1.807) is 21.9 Å². The van der Waals surface area contributed by atoms with E-state index in [0.717, 1.165) is 0 Å². The van der Waals surface area contributed by atoms with Crippen LogP contribution in [0, 0.1) is 0 Å². The van der Waals surface area contributed by atoms with Crippen LogP contribution in [0.3, 0.4) is 0 Å². The van der Waals surface area contributed by atoms with Crippen LogP contribution in [-0.4, -0.2) is 71.6 Å². The van der Waals surface area contributed by atoms with Crippen LogP contribution < -0.4 is 10.1 Å². The third-order valence-corrected chi connectivity index (χ3v) is 4.08. The molecule has 3 amide bonds. The van der Waals surface area contributed by atoms with Crippen LogP contribution in [0.15, 0.2) is 18.3 Å². The van der Waals surface area contributed by atoms with E-state index in [0.29, 0.717) is 37.7 Å². The number of ether oxygens (including phenoxy) is 2. The molecule has 1 N–H and O–H groups in total. The van der Waals surface area contributed by atoms with E-state index >= 15 is 0 Å². The number of nitrogens with zero attached hydrogens (tertiary/aromatic N) is 3. The molecular weight excluding hydrogens is 364 g/mol. The Morgan fingerprint density at radius 2 is 1.71 bits per heavy atom. The second-order valence-electron chi connectivity index (χ2n) is 7.49. The van der Waals surface area contributed by atoms with Gasteiger partial charge in [-0.1, -0.05) is 0 Å². The first-order valence-electron chi connectivity index (χ1n) is 9.23. The summed E-state index contributed by atoms with van der Waals surface area (Å²) in [4.78, 5) is 43.7. The molecule has 0 atom stereocenters. The summed E-state index contributed by atoms with van der Waals surface area (Å²) in [6, 6.07) is 3.33. The van der Waals surface area contributed by atoms with Gasteiger partial charge >= 0.3 is 6.09 Å². The minimum absolute atomic E-state index is 0.0805. The summed E-state index contributed by atoms with van der Waals surface area (Å²) in [7, 11) is 1.51. The molecule has 0 aromatic carbocycles. The molecule has 1 aliphatic rings. The maximum Gasteiger partial charge on any atom is 0.410 e. The summed E-state index contributed by atoms with van der Waals surface area (Å²) in [5.74, 6) is 0.0956. The molecule has 2 rings (SSSR count). The minimum atomic E-state index is -0.545. The van der Waals surface area contributed by atoms with Gasteiger partial charge in [-0.05, 0) is 26.8 Å². The molecule has 1 fully saturated rings. The van der Waals surface area contributed by atoms with Gasteiger partial charge in [0.15, 0.2) is 0 Å². The highest BCUT2D eigenvalue weighted by Crippen LogP contribution is 2.14. The van der Waals surface area contributed by atoms with Crippen LogP contribution in [0.2, 0.25) is 0 Å². The van der Waals surface area contributed by atoms with Gasteiger partial charge in [0.1, 0.15) is 5.60 Å². The number of piperazine rings is 1. The van der Waals surface area contributed by atoms with Gasteiger partial charge in [0.2, 0.25) is 17.7 Å². The second kappa shape index (κ2) is 9.38. The summed E-state index contributed by atoms with van der Waals surface area (Å²) in [5.41, 5.74) is 0.000740. The fraction of sp³-hybridized carbons (Fsp3) is 0.579. The number of hydrogen-bond donors (Lipinski definition) is 1. The molecule has 0 unspecified atom stereocenters. The zero-order valence-corrected chi connectivity index (χ0v) is 16.9. The number of rotatable bonds is 5. The number of pyridine rings is 1. The van der Waals surface area contributed by atoms with E-state index in [1.807, 2.05) is 20.8 Å². The number of carbonyl (C=O) groups excluding carboxylic acids is 3. The predicted octanol–water partition coefficient (Wildman–Crippen LogP) is 1.89. The molecule has 1 aliphatic heterocycles. The van der Waals surface area contributed by atoms with Crippen LogP contribution in [0.25, 0.3) is 0 Å². The van der Waals surface area contributed by atoms with Crippen LogP contribution in [-0.2, 0) is 14.3 Å². The lowest BCUT2D eigenvalue weighted by atomic mass is 10.2. The first-order valence-corrected chi connectivity index (χ1v) is 9.23. The van der Waals surface area contributed by atoms with E-state index in [1.165, 1.54) is 13.3 Å². The third kappa shape index (κ3) is 6.71. The fourth-order valence-corrected chi connectivity index (χ4v) is 2.64. The summed E-state index contributed by atoms with van der Waals surface area (Å²) in [6.45, 7) is 7.16. The normalized spacial score (nSPS) is 14.4. The molecule has 0 spiro atoms. The quantitative estimate of drug-likeness (QED) is 0.821. The summed E-state index contributed by atoms with van der Waals surface area (Å²) < 4.78 is 10.3. The number of methoxy groups -OCH3 is 1. The average molecular weight is 392 g/mol. The fourth-order valence-electron chi connectivity index (χ4n) is 2.64. The molecule has 1 aromatic rings. The van der Waals surface area contributed by atoms with E-state index < -0.39 is 5.60 Å². The maximum atomic E-state index is 12.3. The number of aromatic nitrogens is 1. The van der Waals surface area contributed by atoms with Crippen molar-refractivity contribution in [1.82, 2.24) is 14.8 Å². The third-order valence-electron chi connectivity index (χ3n) is 4.08. The zero-order valence-electron chi connectivity index (χ0n) is 16.9. The van der Waals surface area contributed by atoms with Crippen molar-refractivity contribution in [3.63, 3.8) is 0 Å². The van der Waals surface area contributed by atoms with E-state index in [4.69, 9.17) is 9.47 Å². The van der Waals surface area contributed by atoms with Crippen LogP contribution >= 0.6 is 0 Å². The monoisotopic (exact) mass is 392 g/mol. The Bertz CT molecular complexity index is 691. The second-order valence-corrected chi connectivity index (χ2v) is 7.49. The Hall–Kier alpha value is -2.84. The standard InChI is InChI=1S/C19H28N4O5/c1-19(2,3)28-18(26)23-11-9-22(10-12-23)17(25)8-6-15(24)21-14-5-7-16(27-4)20-13-14/h5,7,13H,6,8-12H2,1-4H3,(H,21,24). The highest BCUT2D eigenvalue weighted by molar-refractivity contribution is 5.93. The van der Waals surface area contributed by atoms with E-state index in [-0.39, 0.29) is 30.7 Å². The molecule has 28 heavy (non-hydrogen) atoms. The Labute approximate surface area is 165 Å². The van der Waals surface area contributed by atoms with Crippen molar-refractivity contribution in [1.29, 1.82) is 0 Å². The summed E-state index contributed by atoms with van der Waals surface area (Å²) in [6.07, 6.45) is 1.32. The summed E-state index contributed by atoms with van der Waals surface area (Å²) >= 11 is 0. The minimum Gasteiger partial charge on any atom is -0.481 e. The maximum absolute atomic E-state index is 12.3. The van der Waals surface area contributed by atoms with Crippen molar-refractivity contribution >= 4 is 23.6 Å². The first kappa shape index (κ1) is 21.5. The van der Waals surface area contributed by atoms with Crippen molar-refractivity contribution in [3.05, 3.63) is 18.3 Å². The van der Waals surface area contributed by atoms with Gasteiger partial charge in [-0.25, -0.2) is 9.78 Å². The number of nitrogens with one attached hydrogen (secondary N) is 1. The SMILES string of the molecule is COc1ccc(NC(=O)CCC(=O)N2CCN(C(=O)OC(C)(C)C)CC2)cn1. The lowest BCUT2D eigenvalue weighted by Crippen LogP contribution is -2.51. The van der Waals surface area contributed by atoms with Crippen molar-refractivity contribution < 1.29 is 23.9 Å². The summed E-state index contributed by atoms with van der Waals surface area (Å²) in [5, 5.41) is 2.70. The number of amides is 3. The smallest absolute Gasteiger partial charge is 0.410 e. The molecule has 9 heteroatoms. The lowest BCUT2D eigenvalue weighted by Gasteiger charge is -2.35. The van der Waals surface area contributed by atoms with Gasteiger partial charge in [0, 0.05) is 45.1 Å². The van der Waals surface area contributed by atoms with Gasteiger partial charge in [-0.15, -0.1) is 0 Å². The molecule has 2 heterocycles. The zero-order chi connectivity index (χ0) is 20.7. The van der Waals surface area contributed by atoms with Gasteiger partial charge in [-0.2, -0.15) is 0 Å². The highest BCUT2D eigenvalue weighted by atomic mass is 16.6. The highest BCUT2D eigenvalue weighted by Gasteiger charge is 2.27.